The summed E-state index contributed by atoms with van der Waals surface area (Å²) in [6, 6.07) is 24.9. The second-order valence-electron chi connectivity index (χ2n) is 9.99. The van der Waals surface area contributed by atoms with Crippen LogP contribution in [0.25, 0.3) is 17.0 Å². The largest absolute Gasteiger partial charge is 0.342 e. The van der Waals surface area contributed by atoms with E-state index in [-0.39, 0.29) is 5.91 Å². The molecule has 1 aliphatic heterocycles. The van der Waals surface area contributed by atoms with E-state index in [1.165, 1.54) is 11.8 Å². The topological polar surface area (TPSA) is 37.6 Å². The van der Waals surface area contributed by atoms with Gasteiger partial charge in [0.05, 0.1) is 26.3 Å². The Bertz CT molecular complexity index is 1950. The minimum Gasteiger partial charge on any atom is -0.342 e. The third-order valence-corrected chi connectivity index (χ3v) is 9.57. The summed E-state index contributed by atoms with van der Waals surface area (Å²) in [5.74, 6) is -0.182. The minimum atomic E-state index is -0.182. The first-order valence-electron chi connectivity index (χ1n) is 13.0. The second-order valence-corrected chi connectivity index (χ2v) is 12.6. The summed E-state index contributed by atoms with van der Waals surface area (Å²) in [6.45, 7) is 4.46. The molecule has 210 valence electrons. The predicted molar refractivity (Wildman–Crippen MR) is 180 cm³/mol. The Morgan fingerprint density at radius 3 is 2.29 bits per heavy atom. The van der Waals surface area contributed by atoms with Crippen molar-refractivity contribution in [3.05, 3.63) is 132 Å². The number of fused-ring (bicyclic) bond motifs is 1. The molecular formula is C33H23Cl4N3OS. The van der Waals surface area contributed by atoms with Crippen molar-refractivity contribution in [3.63, 3.8) is 0 Å². The van der Waals surface area contributed by atoms with Crippen LogP contribution < -0.4 is 4.90 Å². The number of nitrogens with zero attached hydrogens (tertiary/aromatic N) is 3. The van der Waals surface area contributed by atoms with Crippen LogP contribution in [0.1, 0.15) is 22.3 Å². The van der Waals surface area contributed by atoms with Gasteiger partial charge in [-0.2, -0.15) is 0 Å². The lowest BCUT2D eigenvalue weighted by Crippen LogP contribution is -2.28. The van der Waals surface area contributed by atoms with Gasteiger partial charge in [-0.05, 0) is 90.8 Å². The van der Waals surface area contributed by atoms with Gasteiger partial charge in [0.25, 0.3) is 5.91 Å². The SMILES string of the molecule is Cc1ccc(N=C2S/C(=C\c3cn(Cc4ccc(Cl)c(Cl)c4)c4ccccc34)C(=O)N2c2ccc(C)c(Cl)c2)cc1Cl. The first-order valence-corrected chi connectivity index (χ1v) is 15.4. The third-order valence-electron chi connectivity index (χ3n) is 7.04. The number of aryl methyl sites for hydroxylation is 2. The van der Waals surface area contributed by atoms with E-state index in [2.05, 4.69) is 22.9 Å². The number of para-hydroxylation sites is 1. The number of benzene rings is 4. The van der Waals surface area contributed by atoms with Gasteiger partial charge >= 0.3 is 0 Å². The molecule has 1 aliphatic rings. The molecule has 5 aromatic rings. The number of aliphatic imine (C=N–C) groups is 1. The minimum absolute atomic E-state index is 0.182. The molecule has 1 aromatic heterocycles. The average molecular weight is 651 g/mol. The van der Waals surface area contributed by atoms with Gasteiger partial charge in [-0.15, -0.1) is 0 Å². The highest BCUT2D eigenvalue weighted by Crippen LogP contribution is 2.40. The maximum absolute atomic E-state index is 14.0. The van der Waals surface area contributed by atoms with Gasteiger partial charge in [0.15, 0.2) is 5.17 Å². The lowest BCUT2D eigenvalue weighted by molar-refractivity contribution is -0.113. The average Bonchev–Trinajstić information content (AvgIpc) is 3.46. The molecule has 1 amide bonds. The fourth-order valence-electron chi connectivity index (χ4n) is 4.76. The van der Waals surface area contributed by atoms with E-state index in [4.69, 9.17) is 51.4 Å². The molecule has 6 rings (SSSR count). The number of carbonyl (C=O) groups is 1. The zero-order chi connectivity index (χ0) is 29.5. The van der Waals surface area contributed by atoms with Crippen molar-refractivity contribution >= 4 is 97.6 Å². The smallest absolute Gasteiger partial charge is 0.271 e. The number of hydrogen-bond donors (Lipinski definition) is 0. The normalized spacial score (nSPS) is 15.5. The Morgan fingerprint density at radius 2 is 1.55 bits per heavy atom. The standard InChI is InChI=1S/C33H23Cl4N3OS/c1-19-7-10-23(15-27(19)35)38-33-40(24-11-8-20(2)28(36)16-24)32(41)31(42-33)14-22-18-39(30-6-4-3-5-25(22)30)17-21-9-12-26(34)29(37)13-21/h3-16,18H,17H2,1-2H3/b31-14-,38-33?. The molecule has 0 spiro atoms. The monoisotopic (exact) mass is 649 g/mol. The van der Waals surface area contributed by atoms with Crippen molar-refractivity contribution in [1.29, 1.82) is 0 Å². The Labute approximate surface area is 268 Å². The maximum atomic E-state index is 14.0. The molecule has 0 radical (unpaired) electrons. The van der Waals surface area contributed by atoms with Crippen LogP contribution in [0.2, 0.25) is 20.1 Å². The summed E-state index contributed by atoms with van der Waals surface area (Å²) in [4.78, 5) is 21.0. The molecule has 42 heavy (non-hydrogen) atoms. The van der Waals surface area contributed by atoms with Gasteiger partial charge in [0.2, 0.25) is 0 Å². The highest BCUT2D eigenvalue weighted by molar-refractivity contribution is 8.19. The second kappa shape index (κ2) is 11.8. The van der Waals surface area contributed by atoms with Gasteiger partial charge in [-0.25, -0.2) is 4.99 Å². The molecule has 0 unspecified atom stereocenters. The first-order chi connectivity index (χ1) is 20.2. The van der Waals surface area contributed by atoms with Crippen LogP contribution in [-0.2, 0) is 11.3 Å². The van der Waals surface area contributed by atoms with Crippen LogP contribution >= 0.6 is 58.2 Å². The lowest BCUT2D eigenvalue weighted by Gasteiger charge is -2.16. The van der Waals surface area contributed by atoms with Crippen molar-refractivity contribution in [2.75, 3.05) is 4.90 Å². The van der Waals surface area contributed by atoms with E-state index in [0.717, 1.165) is 33.2 Å². The highest BCUT2D eigenvalue weighted by atomic mass is 35.5. The number of carbonyl (C=O) groups excluding carboxylic acids is 1. The number of halogens is 4. The first kappa shape index (κ1) is 28.9. The fourth-order valence-corrected chi connectivity index (χ4v) is 6.42. The van der Waals surface area contributed by atoms with Crippen LogP contribution in [0.5, 0.6) is 0 Å². The molecular weight excluding hydrogens is 628 g/mol. The summed E-state index contributed by atoms with van der Waals surface area (Å²) in [5.41, 5.74) is 6.16. The molecule has 9 heteroatoms. The van der Waals surface area contributed by atoms with Gasteiger partial charge in [-0.1, -0.05) is 82.8 Å². The van der Waals surface area contributed by atoms with E-state index in [1.54, 1.807) is 23.1 Å². The predicted octanol–water partition coefficient (Wildman–Crippen LogP) is 10.7. The summed E-state index contributed by atoms with van der Waals surface area (Å²) >= 11 is 26.6. The lowest BCUT2D eigenvalue weighted by atomic mass is 10.1. The Morgan fingerprint density at radius 1 is 0.810 bits per heavy atom. The number of anilines is 1. The quantitative estimate of drug-likeness (QED) is 0.177. The molecule has 4 aromatic carbocycles. The van der Waals surface area contributed by atoms with Crippen LogP contribution in [-0.4, -0.2) is 15.6 Å². The molecule has 0 N–H and O–H groups in total. The highest BCUT2D eigenvalue weighted by Gasteiger charge is 2.35. The molecule has 2 heterocycles. The molecule has 0 aliphatic carbocycles. The fraction of sp³-hybridized carbons (Fsp3) is 0.0909. The van der Waals surface area contributed by atoms with Crippen LogP contribution in [0.15, 0.2) is 95.0 Å². The number of hydrogen-bond acceptors (Lipinski definition) is 3. The summed E-state index contributed by atoms with van der Waals surface area (Å²) in [6.07, 6.45) is 3.98. The van der Waals surface area contributed by atoms with Crippen LogP contribution in [0.4, 0.5) is 11.4 Å². The molecule has 0 atom stereocenters. The number of aromatic nitrogens is 1. The van der Waals surface area contributed by atoms with Crippen molar-refractivity contribution < 1.29 is 4.79 Å². The molecule has 4 nitrogen and oxygen atoms in total. The van der Waals surface area contributed by atoms with Gasteiger partial charge in [-0.3, -0.25) is 9.69 Å². The van der Waals surface area contributed by atoms with Crippen molar-refractivity contribution in [2.45, 2.75) is 20.4 Å². The number of rotatable bonds is 5. The number of thioether (sulfide) groups is 1. The Balaban J connectivity index is 1.43. The van der Waals surface area contributed by atoms with E-state index < -0.39 is 0 Å². The Hall–Kier alpha value is -3.19. The van der Waals surface area contributed by atoms with Crippen LogP contribution in [0, 0.1) is 13.8 Å². The van der Waals surface area contributed by atoms with Crippen LogP contribution in [0.3, 0.4) is 0 Å². The Kier molecular flexibility index (Phi) is 8.14. The molecule has 1 saturated heterocycles. The molecule has 1 fully saturated rings. The van der Waals surface area contributed by atoms with Crippen molar-refractivity contribution in [2.24, 2.45) is 4.99 Å². The molecule has 0 bridgehead atoms. The van der Waals surface area contributed by atoms with Crippen molar-refractivity contribution in [3.8, 4) is 0 Å². The van der Waals surface area contributed by atoms with E-state index in [9.17, 15) is 4.79 Å². The zero-order valence-corrected chi connectivity index (χ0v) is 26.4. The third kappa shape index (κ3) is 5.72. The summed E-state index contributed by atoms with van der Waals surface area (Å²) < 4.78 is 2.15. The van der Waals surface area contributed by atoms with Gasteiger partial charge in [0, 0.05) is 39.3 Å². The van der Waals surface area contributed by atoms with Gasteiger partial charge in [0.1, 0.15) is 0 Å². The van der Waals surface area contributed by atoms with E-state index in [0.29, 0.717) is 48.1 Å². The van der Waals surface area contributed by atoms with E-state index >= 15 is 0 Å². The summed E-state index contributed by atoms with van der Waals surface area (Å²) in [7, 11) is 0. The van der Waals surface area contributed by atoms with Crippen molar-refractivity contribution in [1.82, 2.24) is 4.57 Å². The maximum Gasteiger partial charge on any atom is 0.271 e. The summed E-state index contributed by atoms with van der Waals surface area (Å²) in [5, 5.41) is 3.76. The molecule has 0 saturated carbocycles. The number of amides is 1. The van der Waals surface area contributed by atoms with E-state index in [1.807, 2.05) is 68.5 Å². The zero-order valence-electron chi connectivity index (χ0n) is 22.5. The number of amidine groups is 1. The van der Waals surface area contributed by atoms with Gasteiger partial charge < -0.3 is 4.57 Å².